The number of allylic oxidation sites excluding steroid dienone is 1. The van der Waals surface area contributed by atoms with Crippen molar-refractivity contribution in [1.29, 1.82) is 0 Å². The molecule has 34 heavy (non-hydrogen) atoms. The Kier molecular flexibility index (Phi) is 6.10. The first-order valence-corrected chi connectivity index (χ1v) is 12.4. The van der Waals surface area contributed by atoms with E-state index in [1.807, 2.05) is 13.8 Å². The molecule has 3 fully saturated rings. The van der Waals surface area contributed by atoms with E-state index in [2.05, 4.69) is 0 Å². The van der Waals surface area contributed by atoms with E-state index in [0.29, 0.717) is 25.7 Å². The van der Waals surface area contributed by atoms with Crippen LogP contribution in [0, 0.1) is 28.6 Å². The summed E-state index contributed by atoms with van der Waals surface area (Å²) in [5, 5.41) is 44.3. The van der Waals surface area contributed by atoms with Gasteiger partial charge in [0.1, 0.15) is 11.7 Å². The van der Waals surface area contributed by atoms with Gasteiger partial charge >= 0.3 is 0 Å². The number of rotatable bonds is 6. The van der Waals surface area contributed by atoms with Crippen molar-refractivity contribution in [1.82, 2.24) is 0 Å². The van der Waals surface area contributed by atoms with Crippen LogP contribution in [0.2, 0.25) is 0 Å². The third-order valence-corrected chi connectivity index (χ3v) is 10.8. The Morgan fingerprint density at radius 2 is 1.76 bits per heavy atom. The summed E-state index contributed by atoms with van der Waals surface area (Å²) in [4.78, 5) is 48.1. The van der Waals surface area contributed by atoms with Crippen molar-refractivity contribution < 1.29 is 39.6 Å². The van der Waals surface area contributed by atoms with E-state index in [4.69, 9.17) is 12.6 Å². The largest absolute Gasteiger partial charge is 0.550 e. The molecule has 0 radical (unpaired) electrons. The smallest absolute Gasteiger partial charge is 0.193 e. The molecule has 0 aromatic rings. The van der Waals surface area contributed by atoms with Crippen molar-refractivity contribution in [3.8, 4) is 0 Å². The van der Waals surface area contributed by atoms with Crippen LogP contribution in [0.15, 0.2) is 11.6 Å². The minimum atomic E-state index is -1.85. The molecule has 2 unspecified atom stereocenters. The van der Waals surface area contributed by atoms with Crippen LogP contribution in [0.3, 0.4) is 0 Å². The van der Waals surface area contributed by atoms with Gasteiger partial charge in [0.05, 0.1) is 0 Å². The average molecular weight is 493 g/mol. The number of carboxylic acid groups (broad SMARTS) is 2. The van der Waals surface area contributed by atoms with E-state index in [9.17, 15) is 39.6 Å². The molecule has 188 valence electrons. The monoisotopic (exact) mass is 492 g/mol. The molecule has 4 rings (SSSR count). The van der Waals surface area contributed by atoms with Crippen molar-refractivity contribution >= 4 is 36.1 Å². The van der Waals surface area contributed by atoms with E-state index in [-0.39, 0.29) is 42.8 Å². The van der Waals surface area contributed by atoms with Gasteiger partial charge in [-0.05, 0) is 62.4 Å². The number of fused-ring (bicyclic) bond motifs is 5. The molecule has 0 aliphatic heterocycles. The van der Waals surface area contributed by atoms with Crippen molar-refractivity contribution in [2.24, 2.45) is 28.6 Å². The van der Waals surface area contributed by atoms with Gasteiger partial charge in [-0.25, -0.2) is 0 Å². The molecular formula is C25H32O8S-2. The number of hydrogen-bond donors (Lipinski definition) is 3. The van der Waals surface area contributed by atoms with Gasteiger partial charge in [-0.3, -0.25) is 9.59 Å². The SMILES string of the molecule is C[C@@]12C(=CC(=O)CC1(S)CC(=O)[O-])CC[C@@H]1[C@@H]2CC[C@@]2(C)[C@H]1CC[C@]2(O)C(=O)C(O)CC(=O)[O-]. The lowest BCUT2D eigenvalue weighted by Gasteiger charge is -2.63. The van der Waals surface area contributed by atoms with Gasteiger partial charge in [0.15, 0.2) is 11.6 Å². The second-order valence-electron chi connectivity index (χ2n) is 11.3. The zero-order valence-corrected chi connectivity index (χ0v) is 20.4. The average Bonchev–Trinajstić information content (AvgIpc) is 2.99. The number of carbonyl (C=O) groups excluding carboxylic acids is 4. The summed E-state index contributed by atoms with van der Waals surface area (Å²) in [7, 11) is 0. The van der Waals surface area contributed by atoms with Gasteiger partial charge in [-0.15, -0.1) is 0 Å². The minimum absolute atomic E-state index is 0.00104. The van der Waals surface area contributed by atoms with Gasteiger partial charge in [0.2, 0.25) is 0 Å². The third kappa shape index (κ3) is 3.41. The van der Waals surface area contributed by atoms with E-state index in [1.54, 1.807) is 6.08 Å². The maximum absolute atomic E-state index is 13.1. The molecule has 4 aliphatic carbocycles. The maximum atomic E-state index is 13.1. The fourth-order valence-corrected chi connectivity index (χ4v) is 8.84. The summed E-state index contributed by atoms with van der Waals surface area (Å²) >= 11 is 4.84. The topological polar surface area (TPSA) is 155 Å². The summed E-state index contributed by atoms with van der Waals surface area (Å²) in [5.74, 6) is -3.83. The van der Waals surface area contributed by atoms with Gasteiger partial charge in [-0.2, -0.15) is 12.6 Å². The molecule has 0 bridgehead atoms. The molecule has 0 spiro atoms. The molecule has 2 N–H and O–H groups in total. The van der Waals surface area contributed by atoms with Gasteiger partial charge in [0.25, 0.3) is 0 Å². The summed E-state index contributed by atoms with van der Waals surface area (Å²) in [6, 6.07) is 0. The Bertz CT molecular complexity index is 976. The van der Waals surface area contributed by atoms with Crippen LogP contribution in [-0.2, 0) is 19.2 Å². The van der Waals surface area contributed by atoms with Crippen LogP contribution in [0.5, 0.6) is 0 Å². The van der Waals surface area contributed by atoms with Crippen molar-refractivity contribution in [3.05, 3.63) is 11.6 Å². The van der Waals surface area contributed by atoms with Crippen LogP contribution in [0.4, 0.5) is 0 Å². The predicted molar refractivity (Wildman–Crippen MR) is 119 cm³/mol. The Hall–Kier alpha value is -1.71. The van der Waals surface area contributed by atoms with Crippen LogP contribution in [0.25, 0.3) is 0 Å². The minimum Gasteiger partial charge on any atom is -0.550 e. The van der Waals surface area contributed by atoms with Gasteiger partial charge < -0.3 is 30.0 Å². The van der Waals surface area contributed by atoms with Crippen molar-refractivity contribution in [2.45, 2.75) is 88.1 Å². The number of aliphatic hydroxyl groups is 2. The standard InChI is InChI=1S/C25H34O8S/c1-22-7-5-17-15(16(22)6-8-25(22,33)21(32)18(27)10-19(28)29)4-3-13-9-14(26)11-24(34,12-20(30)31)23(13,17)2/h9,15-18,27,33-34H,3-8,10-12H2,1-2H3,(H,28,29)(H,30,31)/p-2/t15-,16-,17-,18?,22-,23-,24?,25-/m0/s1. The molecule has 8 atom stereocenters. The summed E-state index contributed by atoms with van der Waals surface area (Å²) in [6.07, 6.45) is 1.65. The highest BCUT2D eigenvalue weighted by Gasteiger charge is 2.69. The number of aliphatic carboxylic acids is 2. The lowest BCUT2D eigenvalue weighted by molar-refractivity contribution is -0.308. The number of carboxylic acids is 2. The number of Topliss-reactive ketones (excluding diaryl/α,β-unsaturated/α-hetero) is 1. The summed E-state index contributed by atoms with van der Waals surface area (Å²) < 4.78 is -1.10. The Morgan fingerprint density at radius 1 is 1.12 bits per heavy atom. The second-order valence-corrected chi connectivity index (χ2v) is 12.2. The second kappa shape index (κ2) is 8.17. The number of ketones is 2. The molecule has 0 amide bonds. The number of carbonyl (C=O) groups is 4. The highest BCUT2D eigenvalue weighted by Crippen LogP contribution is 2.70. The van der Waals surface area contributed by atoms with Gasteiger partial charge in [-0.1, -0.05) is 19.4 Å². The molecule has 0 aromatic carbocycles. The zero-order valence-electron chi connectivity index (χ0n) is 19.5. The maximum Gasteiger partial charge on any atom is 0.193 e. The molecular weight excluding hydrogens is 460 g/mol. The Balaban J connectivity index is 1.70. The lowest BCUT2D eigenvalue weighted by Crippen LogP contribution is -2.63. The summed E-state index contributed by atoms with van der Waals surface area (Å²) in [5.41, 5.74) is -2.44. The molecule has 8 nitrogen and oxygen atoms in total. The fourth-order valence-electron chi connectivity index (χ4n) is 8.24. The van der Waals surface area contributed by atoms with E-state index in [0.717, 1.165) is 12.0 Å². The van der Waals surface area contributed by atoms with E-state index in [1.165, 1.54) is 0 Å². The molecule has 0 heterocycles. The number of aliphatic hydroxyl groups excluding tert-OH is 1. The first-order valence-electron chi connectivity index (χ1n) is 12.0. The normalized spacial score (nSPS) is 44.3. The van der Waals surface area contributed by atoms with Crippen molar-refractivity contribution in [3.63, 3.8) is 0 Å². The molecule has 0 saturated heterocycles. The molecule has 3 saturated carbocycles. The molecule has 0 aromatic heterocycles. The highest BCUT2D eigenvalue weighted by molar-refractivity contribution is 7.82. The summed E-state index contributed by atoms with van der Waals surface area (Å²) in [6.45, 7) is 3.84. The predicted octanol–water partition coefficient (Wildman–Crippen LogP) is -0.262. The van der Waals surface area contributed by atoms with Gasteiger partial charge in [0, 0.05) is 46.8 Å². The quantitative estimate of drug-likeness (QED) is 0.428. The Labute approximate surface area is 204 Å². The van der Waals surface area contributed by atoms with Crippen LogP contribution in [-0.4, -0.2) is 50.2 Å². The van der Waals surface area contributed by atoms with Crippen molar-refractivity contribution in [2.75, 3.05) is 0 Å². The molecule has 4 aliphatic rings. The first-order chi connectivity index (χ1) is 15.7. The van der Waals surface area contributed by atoms with Crippen LogP contribution < -0.4 is 10.2 Å². The fraction of sp³-hybridized carbons (Fsp3) is 0.760. The lowest BCUT2D eigenvalue weighted by atomic mass is 9.43. The number of hydrogen-bond acceptors (Lipinski definition) is 9. The van der Waals surface area contributed by atoms with Crippen LogP contribution in [0.1, 0.15) is 71.6 Å². The highest BCUT2D eigenvalue weighted by atomic mass is 32.1. The van der Waals surface area contributed by atoms with Crippen LogP contribution >= 0.6 is 12.6 Å². The zero-order chi connectivity index (χ0) is 25.3. The third-order valence-electron chi connectivity index (χ3n) is 10.0. The molecule has 9 heteroatoms. The first kappa shape index (κ1) is 25.4. The number of thiol groups is 1. The Morgan fingerprint density at radius 3 is 2.38 bits per heavy atom. The van der Waals surface area contributed by atoms with E-state index >= 15 is 0 Å². The van der Waals surface area contributed by atoms with E-state index < -0.39 is 51.4 Å².